The van der Waals surface area contributed by atoms with Gasteiger partial charge in [0, 0.05) is 81.6 Å². The van der Waals surface area contributed by atoms with Crippen molar-refractivity contribution in [3.8, 4) is 22.8 Å². The van der Waals surface area contributed by atoms with Gasteiger partial charge in [-0.25, -0.2) is 4.79 Å². The fourth-order valence-corrected chi connectivity index (χ4v) is 9.74. The van der Waals surface area contributed by atoms with E-state index in [1.165, 1.54) is 0 Å². The number of aromatic nitrogens is 7. The van der Waals surface area contributed by atoms with Crippen LogP contribution in [0.4, 0.5) is 45.7 Å². The molecule has 0 radical (unpaired) electrons. The van der Waals surface area contributed by atoms with Crippen molar-refractivity contribution in [3.05, 3.63) is 73.1 Å². The normalized spacial score (nSPS) is 23.7. The van der Waals surface area contributed by atoms with Gasteiger partial charge >= 0.3 is 6.03 Å². The van der Waals surface area contributed by atoms with Crippen LogP contribution < -0.4 is 29.8 Å². The Morgan fingerprint density at radius 1 is 0.516 bits per heavy atom. The Kier molecular flexibility index (Phi) is 11.1. The third-order valence-corrected chi connectivity index (χ3v) is 13.3. The van der Waals surface area contributed by atoms with Crippen molar-refractivity contribution < 1.29 is 24.5 Å². The highest BCUT2D eigenvalue weighted by atomic mass is 16.5. The van der Waals surface area contributed by atoms with E-state index in [0.29, 0.717) is 104 Å². The molecule has 4 bridgehead atoms. The van der Waals surface area contributed by atoms with Gasteiger partial charge in [-0.3, -0.25) is 9.88 Å². The number of carbonyl (C=O) groups excluding carboxylic acids is 1. The molecule has 18 heteroatoms. The zero-order valence-electron chi connectivity index (χ0n) is 35.7. The number of pyridine rings is 1. The van der Waals surface area contributed by atoms with E-state index in [1.807, 2.05) is 48.5 Å². The molecule has 0 aliphatic carbocycles. The molecule has 6 aliphatic heterocycles. The average Bonchev–Trinajstić information content (AvgIpc) is 3.86. The van der Waals surface area contributed by atoms with Crippen LogP contribution in [0.3, 0.4) is 0 Å². The lowest BCUT2D eigenvalue weighted by Gasteiger charge is -2.34. The Labute approximate surface area is 371 Å². The van der Waals surface area contributed by atoms with Crippen LogP contribution in [-0.2, 0) is 9.47 Å². The number of benzene rings is 2. The van der Waals surface area contributed by atoms with Crippen LogP contribution in [0.15, 0.2) is 73.1 Å². The van der Waals surface area contributed by atoms with Gasteiger partial charge in [-0.15, -0.1) is 0 Å². The summed E-state index contributed by atoms with van der Waals surface area (Å²) in [5, 5.41) is 23.5. The van der Waals surface area contributed by atoms with E-state index in [9.17, 15) is 15.0 Å². The summed E-state index contributed by atoms with van der Waals surface area (Å²) in [6.45, 7) is 5.54. The molecule has 6 saturated heterocycles. The first kappa shape index (κ1) is 40.7. The minimum absolute atomic E-state index is 0.165. The predicted octanol–water partition coefficient (Wildman–Crippen LogP) is 4.81. The van der Waals surface area contributed by atoms with Gasteiger partial charge in [0.25, 0.3) is 0 Å². The van der Waals surface area contributed by atoms with E-state index >= 15 is 0 Å². The number of morpholine rings is 2. The first-order valence-corrected chi connectivity index (χ1v) is 22.7. The van der Waals surface area contributed by atoms with Crippen molar-refractivity contribution >= 4 is 46.9 Å². The maximum atomic E-state index is 14.3. The molecule has 64 heavy (non-hydrogen) atoms. The number of amides is 2. The highest BCUT2D eigenvalue weighted by Crippen LogP contribution is 2.35. The Bertz CT molecular complexity index is 2270. The molecule has 11 rings (SSSR count). The maximum absolute atomic E-state index is 14.3. The number of hydrogen-bond acceptors (Lipinski definition) is 16. The number of nitrogens with zero attached hydrogens (tertiary/aromatic N) is 12. The molecule has 18 nitrogen and oxygen atoms in total. The summed E-state index contributed by atoms with van der Waals surface area (Å²) >= 11 is 0. The Hall–Kier alpha value is -6.08. The molecule has 5 aromatic rings. The second-order valence-corrected chi connectivity index (χ2v) is 17.8. The number of aliphatic hydroxyl groups excluding tert-OH is 2. The molecule has 4 atom stereocenters. The number of nitrogens with one attached hydrogen (secondary N) is 1. The number of urea groups is 1. The molecule has 0 saturated carbocycles. The number of anilines is 7. The van der Waals surface area contributed by atoms with Crippen LogP contribution in [0.25, 0.3) is 22.8 Å². The van der Waals surface area contributed by atoms with Crippen molar-refractivity contribution in [1.29, 1.82) is 0 Å². The Morgan fingerprint density at radius 2 is 0.891 bits per heavy atom. The molecule has 0 spiro atoms. The number of piperidine rings is 2. The van der Waals surface area contributed by atoms with E-state index in [4.69, 9.17) is 39.4 Å². The molecule has 3 aromatic heterocycles. The lowest BCUT2D eigenvalue weighted by Crippen LogP contribution is -2.44. The van der Waals surface area contributed by atoms with Gasteiger partial charge in [0.1, 0.15) is 0 Å². The van der Waals surface area contributed by atoms with E-state index in [2.05, 4.69) is 29.9 Å². The second kappa shape index (κ2) is 17.5. The van der Waals surface area contributed by atoms with Crippen molar-refractivity contribution in [3.63, 3.8) is 0 Å². The lowest BCUT2D eigenvalue weighted by molar-refractivity contribution is 0.0297. The number of ether oxygens (including phenoxy) is 2. The summed E-state index contributed by atoms with van der Waals surface area (Å²) in [6.07, 6.45) is 10.0. The molecule has 2 amide bonds. The quantitative estimate of drug-likeness (QED) is 0.183. The fraction of sp³-hybridized carbons (Fsp3) is 0.478. The summed E-state index contributed by atoms with van der Waals surface area (Å²) in [6, 6.07) is 18.5. The summed E-state index contributed by atoms with van der Waals surface area (Å²) in [5.74, 6) is 3.51. The van der Waals surface area contributed by atoms with Crippen molar-refractivity contribution in [1.82, 2.24) is 34.9 Å². The van der Waals surface area contributed by atoms with Gasteiger partial charge in [0.05, 0.1) is 48.0 Å². The van der Waals surface area contributed by atoms with E-state index in [0.717, 1.165) is 63.0 Å². The van der Waals surface area contributed by atoms with Gasteiger partial charge in [-0.05, 0) is 112 Å². The minimum atomic E-state index is -0.357. The third kappa shape index (κ3) is 8.62. The van der Waals surface area contributed by atoms with Crippen molar-refractivity contribution in [2.45, 2.75) is 88.0 Å². The summed E-state index contributed by atoms with van der Waals surface area (Å²) < 4.78 is 12.3. The molecular formula is C46H53N13O5. The van der Waals surface area contributed by atoms with Gasteiger partial charge in [-0.2, -0.15) is 29.9 Å². The molecule has 6 aliphatic rings. The number of aliphatic hydroxyl groups is 2. The predicted molar refractivity (Wildman–Crippen MR) is 241 cm³/mol. The van der Waals surface area contributed by atoms with Crippen molar-refractivity contribution in [2.75, 3.05) is 82.2 Å². The largest absolute Gasteiger partial charge is 0.393 e. The van der Waals surface area contributed by atoms with Crippen LogP contribution in [0.5, 0.6) is 0 Å². The number of hydrogen-bond donors (Lipinski definition) is 3. The highest BCUT2D eigenvalue weighted by Gasteiger charge is 2.37. The summed E-state index contributed by atoms with van der Waals surface area (Å²) in [4.78, 5) is 58.7. The van der Waals surface area contributed by atoms with E-state index in [1.54, 1.807) is 29.4 Å². The average molecular weight is 868 g/mol. The fourth-order valence-electron chi connectivity index (χ4n) is 9.74. The summed E-state index contributed by atoms with van der Waals surface area (Å²) in [7, 11) is 0. The Morgan fingerprint density at radius 3 is 1.28 bits per heavy atom. The highest BCUT2D eigenvalue weighted by molar-refractivity contribution is 6.07. The molecule has 332 valence electrons. The van der Waals surface area contributed by atoms with Gasteiger partial charge in [0.15, 0.2) is 11.6 Å². The van der Waals surface area contributed by atoms with E-state index < -0.39 is 0 Å². The molecule has 6 fully saturated rings. The minimum Gasteiger partial charge on any atom is -0.393 e. The van der Waals surface area contributed by atoms with Gasteiger partial charge < -0.3 is 44.6 Å². The first-order chi connectivity index (χ1) is 31.3. The zero-order valence-corrected chi connectivity index (χ0v) is 35.7. The van der Waals surface area contributed by atoms with Crippen LogP contribution in [-0.4, -0.2) is 140 Å². The Balaban J connectivity index is 0.912. The van der Waals surface area contributed by atoms with E-state index in [-0.39, 0.29) is 42.7 Å². The van der Waals surface area contributed by atoms with Gasteiger partial charge in [-0.1, -0.05) is 0 Å². The lowest BCUT2D eigenvalue weighted by atomic mass is 10.1. The zero-order chi connectivity index (χ0) is 43.1. The van der Waals surface area contributed by atoms with Crippen LogP contribution in [0.2, 0.25) is 0 Å². The third-order valence-electron chi connectivity index (χ3n) is 13.3. The molecule has 4 unspecified atom stereocenters. The van der Waals surface area contributed by atoms with Crippen LogP contribution in [0.1, 0.15) is 51.4 Å². The monoisotopic (exact) mass is 867 g/mol. The SMILES string of the molecule is O=C(Nc1ccncc1)N(c1ccc(-c2nc(N3CCC(O)CC3)nc(N3CC4CCC(C3)O4)n2)cc1)c1ccc(-c2nc(N3CCC(O)CC3)nc(N3CC4CCC(C3)O4)n2)cc1. The standard InChI is InChI=1S/C46H53N13O5/c60-34-15-21-55(22-16-34)42-49-40(51-44(53-42)57-25-36-9-10-37(26-57)63-36)29-1-5-32(6-2-29)59(46(62)48-31-13-19-47-20-14-31)33-7-3-30(4-8-33)41-50-43(56-23-17-35(61)18-24-56)54-45(52-41)58-27-38-11-12-39(28-58)64-38/h1-8,13-14,19-20,34-39,60-61H,9-12,15-18,21-28H2,(H,47,48,62). The molecule has 9 heterocycles. The number of rotatable bonds is 9. The molecule has 3 N–H and O–H groups in total. The second-order valence-electron chi connectivity index (χ2n) is 17.8. The van der Waals surface area contributed by atoms with Crippen LogP contribution in [0, 0.1) is 0 Å². The van der Waals surface area contributed by atoms with Crippen LogP contribution >= 0.6 is 0 Å². The smallest absolute Gasteiger partial charge is 0.330 e. The number of carbonyl (C=O) groups is 1. The molecular weight excluding hydrogens is 815 g/mol. The molecule has 2 aromatic carbocycles. The van der Waals surface area contributed by atoms with Crippen molar-refractivity contribution in [2.24, 2.45) is 0 Å². The van der Waals surface area contributed by atoms with Gasteiger partial charge in [0.2, 0.25) is 23.8 Å². The topological polar surface area (TPSA) is 194 Å². The first-order valence-electron chi connectivity index (χ1n) is 22.7. The maximum Gasteiger partial charge on any atom is 0.330 e. The summed E-state index contributed by atoms with van der Waals surface area (Å²) in [5.41, 5.74) is 3.43. The number of fused-ring (bicyclic) bond motifs is 4.